The van der Waals surface area contributed by atoms with E-state index in [4.69, 9.17) is 11.6 Å². The van der Waals surface area contributed by atoms with Crippen LogP contribution in [0, 0.1) is 13.8 Å². The number of carbonyl (C=O) groups excluding carboxylic acids is 3. The molecule has 0 spiro atoms. The first-order chi connectivity index (χ1) is 14.7. The van der Waals surface area contributed by atoms with Gasteiger partial charge in [0.1, 0.15) is 5.54 Å². The van der Waals surface area contributed by atoms with E-state index in [2.05, 4.69) is 9.88 Å². The summed E-state index contributed by atoms with van der Waals surface area (Å²) < 4.78 is 2.07. The molecule has 0 bridgehead atoms. The summed E-state index contributed by atoms with van der Waals surface area (Å²) in [4.78, 5) is 41.0. The molecule has 8 heteroatoms. The third kappa shape index (κ3) is 3.68. The normalized spacial score (nSPS) is 18.5. The highest BCUT2D eigenvalue weighted by Crippen LogP contribution is 2.33. The number of thiophene rings is 1. The van der Waals surface area contributed by atoms with E-state index < -0.39 is 17.5 Å². The van der Waals surface area contributed by atoms with E-state index in [0.717, 1.165) is 16.3 Å². The molecule has 1 unspecified atom stereocenters. The molecule has 3 amide bonds. The van der Waals surface area contributed by atoms with Gasteiger partial charge in [-0.25, -0.2) is 4.79 Å². The number of halogens is 1. The van der Waals surface area contributed by atoms with Crippen molar-refractivity contribution >= 4 is 40.7 Å². The van der Waals surface area contributed by atoms with Crippen molar-refractivity contribution in [2.24, 2.45) is 0 Å². The van der Waals surface area contributed by atoms with Crippen LogP contribution in [0.25, 0.3) is 0 Å². The molecule has 160 valence electrons. The number of rotatable bonds is 6. The second kappa shape index (κ2) is 7.98. The summed E-state index contributed by atoms with van der Waals surface area (Å²) in [5.74, 6) is -0.774. The molecule has 3 aromatic rings. The monoisotopic (exact) mass is 455 g/mol. The van der Waals surface area contributed by atoms with E-state index in [1.54, 1.807) is 42.5 Å². The summed E-state index contributed by atoms with van der Waals surface area (Å²) in [7, 11) is 0. The Balaban J connectivity index is 1.57. The number of nitrogens with zero attached hydrogens (tertiary/aromatic N) is 2. The lowest BCUT2D eigenvalue weighted by Gasteiger charge is -2.23. The van der Waals surface area contributed by atoms with E-state index in [1.807, 2.05) is 37.4 Å². The van der Waals surface area contributed by atoms with Crippen LogP contribution in [-0.4, -0.2) is 33.7 Å². The van der Waals surface area contributed by atoms with E-state index in [-0.39, 0.29) is 12.3 Å². The van der Waals surface area contributed by atoms with Crippen LogP contribution in [-0.2, 0) is 16.9 Å². The fraction of sp³-hybridized carbons (Fsp3) is 0.261. The Morgan fingerprint density at radius 2 is 1.90 bits per heavy atom. The Hall–Kier alpha value is -2.90. The lowest BCUT2D eigenvalue weighted by Crippen LogP contribution is -2.41. The molecule has 0 saturated carbocycles. The van der Waals surface area contributed by atoms with Crippen molar-refractivity contribution in [3.05, 3.63) is 80.3 Å². The summed E-state index contributed by atoms with van der Waals surface area (Å²) in [6.07, 6.45) is 0. The van der Waals surface area contributed by atoms with Crippen molar-refractivity contribution in [1.29, 1.82) is 0 Å². The van der Waals surface area contributed by atoms with Crippen LogP contribution in [0.2, 0.25) is 5.02 Å². The Bertz CT molecular complexity index is 1180. The van der Waals surface area contributed by atoms with Crippen molar-refractivity contribution < 1.29 is 14.4 Å². The zero-order valence-corrected chi connectivity index (χ0v) is 19.0. The maximum Gasteiger partial charge on any atom is 0.325 e. The van der Waals surface area contributed by atoms with Gasteiger partial charge in [0.15, 0.2) is 5.78 Å². The van der Waals surface area contributed by atoms with E-state index in [9.17, 15) is 14.4 Å². The van der Waals surface area contributed by atoms with Gasteiger partial charge in [0.25, 0.3) is 5.91 Å². The predicted molar refractivity (Wildman–Crippen MR) is 121 cm³/mol. The maximum absolute atomic E-state index is 13.2. The highest BCUT2D eigenvalue weighted by atomic mass is 35.5. The molecule has 1 aromatic carbocycles. The lowest BCUT2D eigenvalue weighted by atomic mass is 9.92. The van der Waals surface area contributed by atoms with Crippen molar-refractivity contribution in [2.75, 3.05) is 6.54 Å². The van der Waals surface area contributed by atoms with Gasteiger partial charge in [-0.3, -0.25) is 14.5 Å². The Morgan fingerprint density at radius 3 is 2.58 bits per heavy atom. The summed E-state index contributed by atoms with van der Waals surface area (Å²) in [6, 6.07) is 12.1. The molecule has 1 aliphatic rings. The molecular formula is C23H22ClN3O3S. The summed E-state index contributed by atoms with van der Waals surface area (Å²) >= 11 is 7.92. The van der Waals surface area contributed by atoms with Crippen LogP contribution in [0.4, 0.5) is 4.79 Å². The second-order valence-electron chi connectivity index (χ2n) is 7.80. The first-order valence-electron chi connectivity index (χ1n) is 9.84. The molecule has 1 fully saturated rings. The van der Waals surface area contributed by atoms with Crippen LogP contribution in [0.1, 0.15) is 39.1 Å². The van der Waals surface area contributed by atoms with Gasteiger partial charge < -0.3 is 9.88 Å². The average Bonchev–Trinajstić information content (AvgIpc) is 3.40. The Morgan fingerprint density at radius 1 is 1.16 bits per heavy atom. The Kier molecular flexibility index (Phi) is 5.49. The third-order valence-electron chi connectivity index (χ3n) is 5.76. The van der Waals surface area contributed by atoms with Crippen LogP contribution in [0.5, 0.6) is 0 Å². The van der Waals surface area contributed by atoms with Gasteiger partial charge >= 0.3 is 6.03 Å². The SMILES string of the molecule is Cc1cc(C(=O)CN2C(=O)NC(C)(c3ccccc3Cl)C2=O)c(C)n1Cc1cccs1. The predicted octanol–water partition coefficient (Wildman–Crippen LogP) is 4.52. The number of amides is 3. The number of nitrogens with one attached hydrogen (secondary N) is 1. The van der Waals surface area contributed by atoms with Gasteiger partial charge in [-0.1, -0.05) is 35.9 Å². The number of carbonyl (C=O) groups is 3. The molecule has 1 atom stereocenters. The van der Waals surface area contributed by atoms with Gasteiger partial charge in [-0.05, 0) is 44.4 Å². The summed E-state index contributed by atoms with van der Waals surface area (Å²) in [5, 5.41) is 5.10. The number of ketones is 1. The van der Waals surface area contributed by atoms with Crippen molar-refractivity contribution in [3.8, 4) is 0 Å². The minimum Gasteiger partial charge on any atom is -0.343 e. The molecule has 1 saturated heterocycles. The fourth-order valence-electron chi connectivity index (χ4n) is 4.00. The van der Waals surface area contributed by atoms with E-state index >= 15 is 0 Å². The Labute approximate surface area is 189 Å². The fourth-order valence-corrected chi connectivity index (χ4v) is 5.02. The molecule has 4 rings (SSSR count). The number of imide groups is 1. The zero-order chi connectivity index (χ0) is 22.3. The number of benzene rings is 1. The van der Waals surface area contributed by atoms with E-state index in [0.29, 0.717) is 22.7 Å². The first kappa shape index (κ1) is 21.3. The van der Waals surface area contributed by atoms with Gasteiger partial charge in [0.05, 0.1) is 13.1 Å². The van der Waals surface area contributed by atoms with Crippen LogP contribution >= 0.6 is 22.9 Å². The third-order valence-corrected chi connectivity index (χ3v) is 6.95. The van der Waals surface area contributed by atoms with Crippen molar-refractivity contribution in [3.63, 3.8) is 0 Å². The van der Waals surface area contributed by atoms with Crippen LogP contribution in [0.15, 0.2) is 47.8 Å². The number of hydrogen-bond donors (Lipinski definition) is 1. The van der Waals surface area contributed by atoms with Gasteiger partial charge in [0.2, 0.25) is 0 Å². The highest BCUT2D eigenvalue weighted by molar-refractivity contribution is 7.09. The lowest BCUT2D eigenvalue weighted by molar-refractivity contribution is -0.130. The number of urea groups is 1. The number of aromatic nitrogens is 1. The van der Waals surface area contributed by atoms with Crippen molar-refractivity contribution in [1.82, 2.24) is 14.8 Å². The molecule has 6 nitrogen and oxygen atoms in total. The topological polar surface area (TPSA) is 71.4 Å². The molecule has 31 heavy (non-hydrogen) atoms. The number of aryl methyl sites for hydroxylation is 1. The molecule has 1 aliphatic heterocycles. The average molecular weight is 456 g/mol. The minimum absolute atomic E-state index is 0.280. The maximum atomic E-state index is 13.2. The molecule has 3 heterocycles. The van der Waals surface area contributed by atoms with Gasteiger partial charge in [0, 0.05) is 32.4 Å². The van der Waals surface area contributed by atoms with Crippen molar-refractivity contribution in [2.45, 2.75) is 32.9 Å². The summed E-state index contributed by atoms with van der Waals surface area (Å²) in [5.41, 5.74) is 1.47. The minimum atomic E-state index is -1.31. The van der Waals surface area contributed by atoms with E-state index in [1.165, 1.54) is 4.88 Å². The highest BCUT2D eigenvalue weighted by Gasteiger charge is 2.50. The smallest absolute Gasteiger partial charge is 0.325 e. The van der Waals surface area contributed by atoms with Crippen LogP contribution < -0.4 is 5.32 Å². The second-order valence-corrected chi connectivity index (χ2v) is 9.24. The number of Topliss-reactive ketones (excluding diaryl/α,β-unsaturated/α-hetero) is 1. The first-order valence-corrected chi connectivity index (χ1v) is 11.1. The number of hydrogen-bond acceptors (Lipinski definition) is 4. The zero-order valence-electron chi connectivity index (χ0n) is 17.4. The van der Waals surface area contributed by atoms with Gasteiger partial charge in [-0.2, -0.15) is 0 Å². The molecule has 2 aromatic heterocycles. The van der Waals surface area contributed by atoms with Gasteiger partial charge in [-0.15, -0.1) is 11.3 Å². The quantitative estimate of drug-likeness (QED) is 0.439. The van der Waals surface area contributed by atoms with Crippen LogP contribution in [0.3, 0.4) is 0 Å². The molecule has 1 N–H and O–H groups in total. The standard InChI is InChI=1S/C23H22ClN3O3S/c1-14-11-17(15(2)26(14)12-16-7-6-10-31-16)20(28)13-27-21(29)23(3,25-22(27)30)18-8-4-5-9-19(18)24/h4-11H,12-13H2,1-3H3,(H,25,30). The molecule has 0 radical (unpaired) electrons. The molecule has 0 aliphatic carbocycles. The molecular weight excluding hydrogens is 434 g/mol. The summed E-state index contributed by atoms with van der Waals surface area (Å²) in [6.45, 7) is 5.78. The largest absolute Gasteiger partial charge is 0.343 e.